The van der Waals surface area contributed by atoms with Crippen molar-refractivity contribution in [1.82, 2.24) is 40.1 Å². The smallest absolute Gasteiger partial charge is 0.243 e. The van der Waals surface area contributed by atoms with Crippen molar-refractivity contribution in [2.75, 3.05) is 109 Å². The lowest BCUT2D eigenvalue weighted by Gasteiger charge is -2.36. The van der Waals surface area contributed by atoms with E-state index in [0.29, 0.717) is 116 Å². The number of carbonyl (C=O) groups is 4. The van der Waals surface area contributed by atoms with Crippen LogP contribution in [0, 0.1) is 25.6 Å². The SMILES string of the molecule is CCC(=O)N1CCN(c2nc(NCCC(=O)N(C)CCOCCOCCOCCOc3cc(-c4scnc4C)ccc3CNC(=O)[C@@H]3C[C@@H](O)CN3C(=O)[C@H](c3cc(C)no3)C(C)C)nc3c(F)c(-c4cc(O)cc5ccccc45)c(Cl)cc23)CC1. The molecular weight excluding hydrogens is 1150 g/mol. The van der Waals surface area contributed by atoms with Crippen LogP contribution >= 0.6 is 22.9 Å². The van der Waals surface area contributed by atoms with Gasteiger partial charge in [0, 0.05) is 101 Å². The molecule has 5 heterocycles. The number of likely N-dealkylation sites (N-methyl/N-ethyl adjacent to an activating group) is 1. The number of aliphatic hydroxyl groups is 1. The Labute approximate surface area is 507 Å². The van der Waals surface area contributed by atoms with Gasteiger partial charge in [0.25, 0.3) is 0 Å². The highest BCUT2D eigenvalue weighted by molar-refractivity contribution is 7.13. The van der Waals surface area contributed by atoms with Crippen LogP contribution in [0.25, 0.3) is 43.2 Å². The Hall–Kier alpha value is -7.54. The topological polar surface area (TPSA) is 247 Å². The number of ether oxygens (including phenoxy) is 4. The van der Waals surface area contributed by atoms with Crippen molar-refractivity contribution < 1.29 is 57.3 Å². The maximum atomic E-state index is 17.0. The summed E-state index contributed by atoms with van der Waals surface area (Å²) in [5.41, 5.74) is 5.45. The standard InChI is InChI=1S/C62H74ClFN10O11S/c1-7-52(77)72-16-18-73(19-17-72)59-47-33-48(63)55(46-31-43(75)29-40-10-8-9-11-45(40)46)56(64)57(47)68-62(69-59)65-15-14-53(78)71(6)20-21-81-22-23-82-24-25-83-26-27-84-50-30-41(58-39(5)67-36-86-58)12-13-42(50)34-66-60(79)49-32-44(76)35-74(49)61(80)54(37(2)3)51-28-38(4)70-85-51/h8-13,28-31,33,36-37,44,49,54,75-76H,7,14-27,32,34-35H2,1-6H3,(H,66,79)(H,65,68,69)/t44-,49+,54+/m1/s1. The number of β-amino-alcohol motifs (C(OH)–C–C–N with tert-alkyl or cyclic N) is 1. The lowest BCUT2D eigenvalue weighted by atomic mass is 9.91. The van der Waals surface area contributed by atoms with E-state index in [-0.39, 0.29) is 110 Å². The molecule has 4 N–H and O–H groups in total. The van der Waals surface area contributed by atoms with Crippen LogP contribution in [0.2, 0.25) is 5.02 Å². The number of anilines is 2. The summed E-state index contributed by atoms with van der Waals surface area (Å²) in [5.74, 6) is -0.801. The minimum Gasteiger partial charge on any atom is -0.508 e. The van der Waals surface area contributed by atoms with Gasteiger partial charge in [0.05, 0.1) is 72.5 Å². The van der Waals surface area contributed by atoms with Crippen LogP contribution in [-0.2, 0) is 39.9 Å². The third-order valence-corrected chi connectivity index (χ3v) is 16.6. The van der Waals surface area contributed by atoms with Crippen molar-refractivity contribution in [3.63, 3.8) is 0 Å². The van der Waals surface area contributed by atoms with Crippen molar-refractivity contribution >= 4 is 80.0 Å². The summed E-state index contributed by atoms with van der Waals surface area (Å²) in [5, 5.41) is 33.3. The zero-order chi connectivity index (χ0) is 61.0. The van der Waals surface area contributed by atoms with E-state index >= 15 is 4.39 Å². The fourth-order valence-corrected chi connectivity index (χ4v) is 11.9. The monoisotopic (exact) mass is 1220 g/mol. The molecule has 3 atom stereocenters. The molecule has 4 aromatic carbocycles. The molecule has 0 spiro atoms. The summed E-state index contributed by atoms with van der Waals surface area (Å²) in [6, 6.07) is 18.7. The third-order valence-electron chi connectivity index (χ3n) is 15.3. The molecule has 458 valence electrons. The molecule has 0 unspecified atom stereocenters. The van der Waals surface area contributed by atoms with Gasteiger partial charge in [-0.25, -0.2) is 14.4 Å². The Balaban J connectivity index is 0.708. The predicted molar refractivity (Wildman–Crippen MR) is 326 cm³/mol. The van der Waals surface area contributed by atoms with E-state index in [1.807, 2.05) is 75.1 Å². The molecule has 2 aliphatic rings. The van der Waals surface area contributed by atoms with Crippen molar-refractivity contribution in [1.29, 1.82) is 0 Å². The number of piperazine rings is 1. The Bertz CT molecular complexity index is 3520. The number of rotatable bonds is 27. The lowest BCUT2D eigenvalue weighted by molar-refractivity contribution is -0.141. The van der Waals surface area contributed by atoms with Gasteiger partial charge < -0.3 is 63.9 Å². The number of hydrogen-bond acceptors (Lipinski definition) is 18. The van der Waals surface area contributed by atoms with E-state index in [9.17, 15) is 29.4 Å². The van der Waals surface area contributed by atoms with Crippen LogP contribution in [0.5, 0.6) is 11.5 Å². The van der Waals surface area contributed by atoms with Crippen molar-refractivity contribution in [3.8, 4) is 33.1 Å². The fourth-order valence-electron chi connectivity index (χ4n) is 10.8. The molecule has 0 aliphatic carbocycles. The number of phenolic OH excluding ortho intramolecular Hbond substituents is 1. The molecule has 4 amide bonds. The fraction of sp³-hybridized carbons (Fsp3) is 0.452. The summed E-state index contributed by atoms with van der Waals surface area (Å²) in [6.07, 6.45) is -0.273. The second kappa shape index (κ2) is 29.2. The van der Waals surface area contributed by atoms with E-state index in [1.165, 1.54) is 22.3 Å². The first kappa shape index (κ1) is 63.0. The molecule has 2 fully saturated rings. The van der Waals surface area contributed by atoms with Gasteiger partial charge in [-0.2, -0.15) is 4.98 Å². The molecule has 2 aliphatic heterocycles. The number of aromatic hydroxyl groups is 1. The summed E-state index contributed by atoms with van der Waals surface area (Å²) < 4.78 is 46.1. The summed E-state index contributed by atoms with van der Waals surface area (Å²) in [6.45, 7) is 13.8. The maximum absolute atomic E-state index is 17.0. The van der Waals surface area contributed by atoms with E-state index in [2.05, 4.69) is 25.8 Å². The molecule has 0 saturated carbocycles. The highest BCUT2D eigenvalue weighted by atomic mass is 35.5. The highest BCUT2D eigenvalue weighted by Crippen LogP contribution is 2.43. The molecule has 2 saturated heterocycles. The van der Waals surface area contributed by atoms with E-state index in [0.717, 1.165) is 16.1 Å². The number of nitrogens with one attached hydrogen (secondary N) is 2. The number of halogens is 2. The summed E-state index contributed by atoms with van der Waals surface area (Å²) in [7, 11) is 1.69. The van der Waals surface area contributed by atoms with E-state index < -0.39 is 23.9 Å². The number of nitrogens with zero attached hydrogens (tertiary/aromatic N) is 8. The van der Waals surface area contributed by atoms with Crippen LogP contribution in [-0.4, -0.2) is 180 Å². The molecule has 86 heavy (non-hydrogen) atoms. The highest BCUT2D eigenvalue weighted by Gasteiger charge is 2.43. The molecule has 21 nitrogen and oxygen atoms in total. The first-order valence-corrected chi connectivity index (χ1v) is 30.3. The Morgan fingerprint density at radius 3 is 2.35 bits per heavy atom. The molecular formula is C62H74ClFN10O11S. The third kappa shape index (κ3) is 15.2. The predicted octanol–water partition coefficient (Wildman–Crippen LogP) is 8.14. The number of hydrogen-bond donors (Lipinski definition) is 4. The molecule has 24 heteroatoms. The summed E-state index contributed by atoms with van der Waals surface area (Å²) >= 11 is 8.42. The average Bonchev–Trinajstić information content (AvgIpc) is 1.60. The molecule has 7 aromatic rings. The summed E-state index contributed by atoms with van der Waals surface area (Å²) in [4.78, 5) is 75.1. The second-order valence-electron chi connectivity index (χ2n) is 21.7. The van der Waals surface area contributed by atoms with Crippen LogP contribution in [0.15, 0.2) is 76.8 Å². The number of thiazole rings is 1. The van der Waals surface area contributed by atoms with Crippen LogP contribution in [0.3, 0.4) is 0 Å². The van der Waals surface area contributed by atoms with Crippen LogP contribution < -0.4 is 20.3 Å². The number of fused-ring (bicyclic) bond motifs is 2. The Morgan fingerprint density at radius 1 is 0.919 bits per heavy atom. The van der Waals surface area contributed by atoms with Gasteiger partial charge in [0.1, 0.15) is 47.2 Å². The quantitative estimate of drug-likeness (QED) is 0.0355. The molecule has 3 aromatic heterocycles. The largest absolute Gasteiger partial charge is 0.508 e. The molecule has 0 radical (unpaired) electrons. The number of aromatic nitrogens is 4. The van der Waals surface area contributed by atoms with Crippen LogP contribution in [0.4, 0.5) is 16.2 Å². The molecule has 0 bridgehead atoms. The maximum Gasteiger partial charge on any atom is 0.243 e. The number of aryl methyl sites for hydroxylation is 2. The van der Waals surface area contributed by atoms with Gasteiger partial charge in [0.15, 0.2) is 5.82 Å². The van der Waals surface area contributed by atoms with Crippen molar-refractivity contribution in [3.05, 3.63) is 106 Å². The van der Waals surface area contributed by atoms with Gasteiger partial charge >= 0.3 is 0 Å². The number of phenols is 1. The van der Waals surface area contributed by atoms with Crippen molar-refractivity contribution in [2.24, 2.45) is 5.92 Å². The Kier molecular flexibility index (Phi) is 21.4. The average molecular weight is 1220 g/mol. The van der Waals surface area contributed by atoms with Gasteiger partial charge in [-0.05, 0) is 65.9 Å². The number of benzene rings is 4. The minimum absolute atomic E-state index is 0.0135. The van der Waals surface area contributed by atoms with Gasteiger partial charge in [-0.1, -0.05) is 73.9 Å². The number of aliphatic hydroxyl groups excluding tert-OH is 1. The normalized spacial score (nSPS) is 15.7. The minimum atomic E-state index is -0.878. The van der Waals surface area contributed by atoms with E-state index in [1.54, 1.807) is 47.5 Å². The number of amides is 4. The van der Waals surface area contributed by atoms with Crippen molar-refractivity contribution in [2.45, 2.75) is 78.5 Å². The van der Waals surface area contributed by atoms with Gasteiger partial charge in [-0.15, -0.1) is 11.3 Å². The molecule has 9 rings (SSSR count). The van der Waals surface area contributed by atoms with E-state index in [4.69, 9.17) is 40.1 Å². The lowest BCUT2D eigenvalue weighted by Crippen LogP contribution is -2.49. The van der Waals surface area contributed by atoms with Gasteiger partial charge in [-0.3, -0.25) is 19.2 Å². The first-order valence-electron chi connectivity index (χ1n) is 29.0. The number of likely N-dealkylation sites (tertiary alicyclic amines) is 1. The zero-order valence-corrected chi connectivity index (χ0v) is 50.8. The zero-order valence-electron chi connectivity index (χ0n) is 49.3. The van der Waals surface area contributed by atoms with Crippen LogP contribution in [0.1, 0.15) is 68.7 Å². The van der Waals surface area contributed by atoms with Gasteiger partial charge in [0.2, 0.25) is 29.6 Å². The Morgan fingerprint density at radius 2 is 1.65 bits per heavy atom. The number of carbonyl (C=O) groups excluding carboxylic acids is 4. The second-order valence-corrected chi connectivity index (χ2v) is 23.0. The first-order chi connectivity index (χ1) is 41.5.